The van der Waals surface area contributed by atoms with Gasteiger partial charge in [0.05, 0.1) is 9.75 Å². The van der Waals surface area contributed by atoms with Gasteiger partial charge in [0.15, 0.2) is 0 Å². The first kappa shape index (κ1) is 67.0. The minimum atomic E-state index is 1.19. The Morgan fingerprint density at radius 3 is 0.628 bits per heavy atom. The monoisotopic (exact) mass is 1490 g/mol. The topological polar surface area (TPSA) is 0 Å². The molecule has 0 aliphatic heterocycles. The lowest BCUT2D eigenvalue weighted by molar-refractivity contribution is 0.670. The van der Waals surface area contributed by atoms with Crippen molar-refractivity contribution in [3.8, 4) is 130 Å². The Morgan fingerprint density at radius 1 is 0.191 bits per heavy atom. The van der Waals surface area contributed by atoms with Crippen LogP contribution >= 0.6 is 159 Å². The highest BCUT2D eigenvalue weighted by Crippen LogP contribution is 2.58. The van der Waals surface area contributed by atoms with E-state index in [1.807, 2.05) is 159 Å². The summed E-state index contributed by atoms with van der Waals surface area (Å²) in [6, 6.07) is 57.2. The molecular weight excluding hydrogens is 1410 g/mol. The number of aryl methyl sites for hydroxylation is 4. The molecule has 0 N–H and O–H groups in total. The third-order valence-corrected chi connectivity index (χ3v) is 34.4. The van der Waals surface area contributed by atoms with E-state index < -0.39 is 0 Å². The molecule has 0 spiro atoms. The maximum atomic E-state index is 2.49. The van der Waals surface area contributed by atoms with Crippen LogP contribution in [0.1, 0.15) is 150 Å². The van der Waals surface area contributed by atoms with Crippen molar-refractivity contribution in [2.75, 3.05) is 0 Å². The molecule has 14 aromatic heterocycles. The number of hydrogen-bond acceptors (Lipinski definition) is 14. The Balaban J connectivity index is 0.830. The van der Waals surface area contributed by atoms with Crippen molar-refractivity contribution in [1.82, 2.24) is 0 Å². The Bertz CT molecular complexity index is 4380. The predicted octanol–water partition coefficient (Wildman–Crippen LogP) is 32.7. The highest BCUT2D eigenvalue weighted by atomic mass is 32.2. The SMILES string of the molecule is CCCCCCc1ccc(-c2ccc(-c3ccc(-c4csc(-c5scc(-c6ccc(-c7ccc(-c8ccc(CCCCCC)s8)s7)s6)c5-c5ccc(-c6ccc(-c7ccc(CCCCCC)s7)s6)s5)c4-c4ccc(-c5ccc(-c6ccc(CCCCCC)s6)s5)s4)s3)s2)s1. The van der Waals surface area contributed by atoms with Crippen molar-refractivity contribution in [2.24, 2.45) is 0 Å². The van der Waals surface area contributed by atoms with E-state index in [2.05, 4.69) is 184 Å². The Kier molecular flexibility index (Phi) is 23.0. The molecule has 0 aromatic carbocycles. The van der Waals surface area contributed by atoms with Gasteiger partial charge in [-0.25, -0.2) is 0 Å². The quantitative estimate of drug-likeness (QED) is 0.0360. The van der Waals surface area contributed by atoms with Gasteiger partial charge < -0.3 is 0 Å². The first-order chi connectivity index (χ1) is 46.4. The molecule has 0 atom stereocenters. The number of unbranched alkanes of at least 4 members (excludes halogenated alkanes) is 12. The van der Waals surface area contributed by atoms with E-state index >= 15 is 0 Å². The molecule has 482 valence electrons. The van der Waals surface area contributed by atoms with Crippen LogP contribution in [0.3, 0.4) is 0 Å². The molecular formula is C80H78S14. The van der Waals surface area contributed by atoms with E-state index in [4.69, 9.17) is 0 Å². The highest BCUT2D eigenvalue weighted by molar-refractivity contribution is 7.31. The molecule has 0 unspecified atom stereocenters. The molecule has 0 nitrogen and oxygen atoms in total. The van der Waals surface area contributed by atoms with Gasteiger partial charge in [-0.1, -0.05) is 105 Å². The standard InChI is InChI=1S/C80H78S14/c1-5-9-13-17-21-51-25-29-59(83-51)63-37-41-69(89-63)67-35-33-57(87-67)55-49-81-79(77(55)75-47-45-73(93-75)71-43-39-65(91-71)61-31-27-53(85-61)23-19-15-11-7-3)80-78(76-48-46-74(94-76)72-44-40-66(92-72)62-32-28-54(86-62)24-20-16-12-8-4)56(50-82-80)58-34-36-68(88-58)70-42-38-64(90-70)60-30-26-52(84-60)22-18-14-10-6-2/h25-50H,5-24H2,1-4H3. The first-order valence-electron chi connectivity index (χ1n) is 33.8. The Morgan fingerprint density at radius 2 is 0.383 bits per heavy atom. The zero-order chi connectivity index (χ0) is 63.7. The van der Waals surface area contributed by atoms with Gasteiger partial charge in [0.2, 0.25) is 0 Å². The molecule has 0 saturated carbocycles. The van der Waals surface area contributed by atoms with Gasteiger partial charge in [-0.05, 0) is 197 Å². The predicted molar refractivity (Wildman–Crippen MR) is 439 cm³/mol. The second-order valence-electron chi connectivity index (χ2n) is 24.3. The van der Waals surface area contributed by atoms with Crippen molar-refractivity contribution in [1.29, 1.82) is 0 Å². The fraction of sp³-hybridized carbons (Fsp3) is 0.300. The first-order valence-corrected chi connectivity index (χ1v) is 45.3. The second kappa shape index (κ2) is 32.2. The molecule has 0 amide bonds. The summed E-state index contributed by atoms with van der Waals surface area (Å²) in [6.45, 7) is 9.20. The number of hydrogen-bond donors (Lipinski definition) is 0. The number of thiophene rings is 14. The molecule has 0 bridgehead atoms. The van der Waals surface area contributed by atoms with Crippen LogP contribution in [-0.2, 0) is 25.7 Å². The molecule has 94 heavy (non-hydrogen) atoms. The lowest BCUT2D eigenvalue weighted by Gasteiger charge is -2.08. The molecule has 14 aromatic rings. The van der Waals surface area contributed by atoms with Gasteiger partial charge >= 0.3 is 0 Å². The van der Waals surface area contributed by atoms with Crippen LogP contribution in [0.25, 0.3) is 130 Å². The van der Waals surface area contributed by atoms with Crippen molar-refractivity contribution < 1.29 is 0 Å². The van der Waals surface area contributed by atoms with Crippen molar-refractivity contribution in [3.63, 3.8) is 0 Å². The minimum absolute atomic E-state index is 1.19. The van der Waals surface area contributed by atoms with Gasteiger partial charge in [0, 0.05) is 150 Å². The van der Waals surface area contributed by atoms with Crippen LogP contribution in [0.15, 0.2) is 156 Å². The fourth-order valence-electron chi connectivity index (χ4n) is 12.2. The molecule has 0 fully saturated rings. The van der Waals surface area contributed by atoms with Crippen LogP contribution in [0.2, 0.25) is 0 Å². The van der Waals surface area contributed by atoms with Crippen molar-refractivity contribution in [2.45, 2.75) is 156 Å². The molecule has 14 heteroatoms. The largest absolute Gasteiger partial charge is 0.142 e. The van der Waals surface area contributed by atoms with Gasteiger partial charge in [-0.3, -0.25) is 0 Å². The summed E-state index contributed by atoms with van der Waals surface area (Å²) in [7, 11) is 0. The molecule has 0 aliphatic rings. The summed E-state index contributed by atoms with van der Waals surface area (Å²) in [6.07, 6.45) is 25.6. The van der Waals surface area contributed by atoms with Crippen molar-refractivity contribution >= 4 is 159 Å². The summed E-state index contributed by atoms with van der Waals surface area (Å²) >= 11 is 27.5. The lowest BCUT2D eigenvalue weighted by Crippen LogP contribution is -1.81. The van der Waals surface area contributed by atoms with E-state index in [1.165, 1.54) is 277 Å². The van der Waals surface area contributed by atoms with Crippen LogP contribution in [0.5, 0.6) is 0 Å². The summed E-state index contributed by atoms with van der Waals surface area (Å²) in [4.78, 5) is 35.9. The number of rotatable bonds is 33. The summed E-state index contributed by atoms with van der Waals surface area (Å²) < 4.78 is 0. The summed E-state index contributed by atoms with van der Waals surface area (Å²) in [5.41, 5.74) is 5.39. The average molecular weight is 1490 g/mol. The maximum absolute atomic E-state index is 2.49. The highest BCUT2D eigenvalue weighted by Gasteiger charge is 2.28. The Labute approximate surface area is 613 Å². The zero-order valence-corrected chi connectivity index (χ0v) is 65.3. The van der Waals surface area contributed by atoms with E-state index in [-0.39, 0.29) is 0 Å². The third-order valence-electron chi connectivity index (χ3n) is 17.4. The smallest absolute Gasteiger partial charge is 0.0542 e. The van der Waals surface area contributed by atoms with Gasteiger partial charge in [-0.2, -0.15) is 0 Å². The van der Waals surface area contributed by atoms with Gasteiger partial charge in [0.25, 0.3) is 0 Å². The van der Waals surface area contributed by atoms with Crippen LogP contribution in [0, 0.1) is 0 Å². The molecule has 14 rings (SSSR count). The van der Waals surface area contributed by atoms with Crippen LogP contribution < -0.4 is 0 Å². The normalized spacial score (nSPS) is 11.8. The van der Waals surface area contributed by atoms with Crippen molar-refractivity contribution in [3.05, 3.63) is 176 Å². The summed E-state index contributed by atoms with van der Waals surface area (Å²) in [5, 5.41) is 4.98. The van der Waals surface area contributed by atoms with E-state index in [9.17, 15) is 0 Å². The lowest BCUT2D eigenvalue weighted by atomic mass is 10.0. The molecule has 0 radical (unpaired) electrons. The zero-order valence-electron chi connectivity index (χ0n) is 53.9. The average Bonchev–Trinajstić information content (AvgIpc) is 1.60. The van der Waals surface area contributed by atoms with Crippen LogP contribution in [0.4, 0.5) is 0 Å². The molecule has 14 heterocycles. The maximum Gasteiger partial charge on any atom is 0.0542 e. The Hall–Kier alpha value is -4.20. The molecule has 0 saturated heterocycles. The van der Waals surface area contributed by atoms with E-state index in [1.54, 1.807) is 0 Å². The van der Waals surface area contributed by atoms with E-state index in [0.29, 0.717) is 0 Å². The van der Waals surface area contributed by atoms with Crippen LogP contribution in [-0.4, -0.2) is 0 Å². The van der Waals surface area contributed by atoms with Gasteiger partial charge in [0.1, 0.15) is 0 Å². The fourth-order valence-corrected chi connectivity index (χ4v) is 28.0. The second-order valence-corrected chi connectivity index (χ2v) is 39.4. The third kappa shape index (κ3) is 15.6. The van der Waals surface area contributed by atoms with E-state index in [0.717, 1.165) is 0 Å². The van der Waals surface area contributed by atoms with Gasteiger partial charge in [-0.15, -0.1) is 159 Å². The molecule has 0 aliphatic carbocycles. The minimum Gasteiger partial charge on any atom is -0.142 e. The summed E-state index contributed by atoms with van der Waals surface area (Å²) in [5.74, 6) is 0.